The minimum absolute atomic E-state index is 0.00509. The normalized spacial score (nSPS) is 19.2. The highest BCUT2D eigenvalue weighted by atomic mass is 16.4. The first-order valence-corrected chi connectivity index (χ1v) is 5.92. The van der Waals surface area contributed by atoms with Crippen LogP contribution >= 0.6 is 0 Å². The minimum atomic E-state index is -1.05. The van der Waals surface area contributed by atoms with Crippen LogP contribution in [0.15, 0.2) is 18.3 Å². The molecule has 1 amide bonds. The first-order valence-electron chi connectivity index (χ1n) is 5.92. The number of carbonyl (C=O) groups is 2. The number of rotatable bonds is 4. The van der Waals surface area contributed by atoms with Gasteiger partial charge in [-0.1, -0.05) is 0 Å². The van der Waals surface area contributed by atoms with Crippen LogP contribution in [0.4, 0.5) is 0 Å². The van der Waals surface area contributed by atoms with Crippen molar-refractivity contribution in [1.29, 1.82) is 0 Å². The Morgan fingerprint density at radius 3 is 2.89 bits per heavy atom. The third kappa shape index (κ3) is 2.38. The number of nitrogens with zero attached hydrogens (tertiary/aromatic N) is 2. The lowest BCUT2D eigenvalue weighted by Gasteiger charge is -2.23. The lowest BCUT2D eigenvalue weighted by atomic mass is 10.2. The first kappa shape index (κ1) is 12.6. The van der Waals surface area contributed by atoms with Gasteiger partial charge in [-0.25, -0.2) is 4.79 Å². The van der Waals surface area contributed by atoms with Crippen LogP contribution in [-0.4, -0.2) is 50.8 Å². The summed E-state index contributed by atoms with van der Waals surface area (Å²) in [5.41, 5.74) is 0.100. The zero-order chi connectivity index (χ0) is 13.1. The SMILES string of the molecule is O=C(O)c1cccn1CC(=O)N1CCCC1CO. The molecule has 18 heavy (non-hydrogen) atoms. The summed E-state index contributed by atoms with van der Waals surface area (Å²) in [4.78, 5) is 24.6. The molecular weight excluding hydrogens is 236 g/mol. The molecule has 1 aliphatic rings. The Labute approximate surface area is 104 Å². The molecule has 0 bridgehead atoms. The molecule has 1 saturated heterocycles. The van der Waals surface area contributed by atoms with Gasteiger partial charge in [0.05, 0.1) is 12.6 Å². The van der Waals surface area contributed by atoms with Gasteiger partial charge >= 0.3 is 5.97 Å². The molecule has 2 N–H and O–H groups in total. The monoisotopic (exact) mass is 252 g/mol. The van der Waals surface area contributed by atoms with Crippen LogP contribution in [0.2, 0.25) is 0 Å². The number of carboxylic acids is 1. The molecule has 0 spiro atoms. The van der Waals surface area contributed by atoms with Crippen LogP contribution < -0.4 is 0 Å². The Balaban J connectivity index is 2.07. The predicted molar refractivity (Wildman–Crippen MR) is 63.2 cm³/mol. The van der Waals surface area contributed by atoms with Gasteiger partial charge in [-0.3, -0.25) is 4.79 Å². The molecule has 1 aromatic heterocycles. The number of carbonyl (C=O) groups excluding carboxylic acids is 1. The van der Waals surface area contributed by atoms with Crippen molar-refractivity contribution >= 4 is 11.9 Å². The smallest absolute Gasteiger partial charge is 0.352 e. The van der Waals surface area contributed by atoms with E-state index in [-0.39, 0.29) is 30.8 Å². The minimum Gasteiger partial charge on any atom is -0.477 e. The number of hydrogen-bond acceptors (Lipinski definition) is 3. The second kappa shape index (κ2) is 5.22. The molecule has 6 nitrogen and oxygen atoms in total. The van der Waals surface area contributed by atoms with Crippen LogP contribution in [0, 0.1) is 0 Å². The number of aromatic carboxylic acids is 1. The van der Waals surface area contributed by atoms with Crippen LogP contribution in [0.3, 0.4) is 0 Å². The summed E-state index contributed by atoms with van der Waals surface area (Å²) in [6.45, 7) is 0.599. The summed E-state index contributed by atoms with van der Waals surface area (Å²) in [5, 5.41) is 18.1. The molecule has 0 aliphatic carbocycles. The van der Waals surface area contributed by atoms with Crippen molar-refractivity contribution in [2.45, 2.75) is 25.4 Å². The van der Waals surface area contributed by atoms with Gasteiger partial charge in [0.25, 0.3) is 0 Å². The van der Waals surface area contributed by atoms with E-state index >= 15 is 0 Å². The summed E-state index contributed by atoms with van der Waals surface area (Å²) in [7, 11) is 0. The lowest BCUT2D eigenvalue weighted by molar-refractivity contribution is -0.133. The molecule has 0 aromatic carbocycles. The van der Waals surface area contributed by atoms with Crippen LogP contribution in [-0.2, 0) is 11.3 Å². The third-order valence-electron chi connectivity index (χ3n) is 3.26. The molecule has 98 valence electrons. The Morgan fingerprint density at radius 1 is 1.44 bits per heavy atom. The van der Waals surface area contributed by atoms with E-state index in [0.717, 1.165) is 12.8 Å². The number of aliphatic hydroxyl groups excluding tert-OH is 1. The Kier molecular flexibility index (Phi) is 3.66. The van der Waals surface area contributed by atoms with Crippen molar-refractivity contribution in [2.75, 3.05) is 13.2 Å². The van der Waals surface area contributed by atoms with E-state index < -0.39 is 5.97 Å². The molecular formula is C12H16N2O4. The van der Waals surface area contributed by atoms with Crippen molar-refractivity contribution in [1.82, 2.24) is 9.47 Å². The maximum Gasteiger partial charge on any atom is 0.352 e. The van der Waals surface area contributed by atoms with E-state index in [4.69, 9.17) is 10.2 Å². The molecule has 1 atom stereocenters. The van der Waals surface area contributed by atoms with Gasteiger partial charge in [-0.2, -0.15) is 0 Å². The molecule has 1 fully saturated rings. The number of hydrogen-bond donors (Lipinski definition) is 2. The summed E-state index contributed by atoms with van der Waals surface area (Å²) >= 11 is 0. The standard InChI is InChI=1S/C12H16N2O4/c15-8-9-3-1-6-14(9)11(16)7-13-5-2-4-10(13)12(17)18/h2,4-5,9,15H,1,3,6-8H2,(H,17,18). The van der Waals surface area contributed by atoms with Crippen LogP contribution in [0.1, 0.15) is 23.3 Å². The second-order valence-corrected chi connectivity index (χ2v) is 4.39. The number of likely N-dealkylation sites (tertiary alicyclic amines) is 1. The van der Waals surface area contributed by atoms with Gasteiger partial charge in [0.2, 0.25) is 5.91 Å². The van der Waals surface area contributed by atoms with E-state index in [2.05, 4.69) is 0 Å². The highest BCUT2D eigenvalue weighted by Gasteiger charge is 2.28. The first-order chi connectivity index (χ1) is 8.63. The zero-order valence-electron chi connectivity index (χ0n) is 9.95. The quantitative estimate of drug-likeness (QED) is 0.800. The van der Waals surface area contributed by atoms with E-state index in [1.54, 1.807) is 17.2 Å². The molecule has 2 rings (SSSR count). The molecule has 1 aliphatic heterocycles. The van der Waals surface area contributed by atoms with E-state index in [1.807, 2.05) is 0 Å². The number of aliphatic hydroxyl groups is 1. The van der Waals surface area contributed by atoms with Crippen molar-refractivity contribution in [3.05, 3.63) is 24.0 Å². The summed E-state index contributed by atoms with van der Waals surface area (Å²) in [6.07, 6.45) is 3.26. The lowest BCUT2D eigenvalue weighted by Crippen LogP contribution is -2.39. The topological polar surface area (TPSA) is 82.8 Å². The maximum absolute atomic E-state index is 12.1. The molecule has 0 radical (unpaired) electrons. The Morgan fingerprint density at radius 2 is 2.22 bits per heavy atom. The van der Waals surface area contributed by atoms with Crippen molar-refractivity contribution < 1.29 is 19.8 Å². The fourth-order valence-corrected chi connectivity index (χ4v) is 2.34. The number of amides is 1. The zero-order valence-corrected chi connectivity index (χ0v) is 9.95. The highest BCUT2D eigenvalue weighted by Crippen LogP contribution is 2.17. The van der Waals surface area contributed by atoms with Gasteiger partial charge in [-0.15, -0.1) is 0 Å². The molecule has 1 aromatic rings. The van der Waals surface area contributed by atoms with Gasteiger partial charge in [0, 0.05) is 12.7 Å². The van der Waals surface area contributed by atoms with Crippen molar-refractivity contribution in [3.8, 4) is 0 Å². The van der Waals surface area contributed by atoms with E-state index in [0.29, 0.717) is 6.54 Å². The van der Waals surface area contributed by atoms with Gasteiger partial charge in [0.15, 0.2) is 0 Å². The summed E-state index contributed by atoms with van der Waals surface area (Å²) in [6, 6.07) is 2.94. The summed E-state index contributed by atoms with van der Waals surface area (Å²) in [5.74, 6) is -1.20. The van der Waals surface area contributed by atoms with Gasteiger partial charge in [0.1, 0.15) is 12.2 Å². The summed E-state index contributed by atoms with van der Waals surface area (Å²) < 4.78 is 1.41. The average Bonchev–Trinajstić information content (AvgIpc) is 2.96. The predicted octanol–water partition coefficient (Wildman–Crippen LogP) is 0.170. The van der Waals surface area contributed by atoms with Crippen LogP contribution in [0.25, 0.3) is 0 Å². The number of aromatic nitrogens is 1. The van der Waals surface area contributed by atoms with Gasteiger partial charge in [-0.05, 0) is 25.0 Å². The molecule has 2 heterocycles. The fraction of sp³-hybridized carbons (Fsp3) is 0.500. The second-order valence-electron chi connectivity index (χ2n) is 4.39. The fourth-order valence-electron chi connectivity index (χ4n) is 2.34. The molecule has 1 unspecified atom stereocenters. The van der Waals surface area contributed by atoms with Gasteiger partial charge < -0.3 is 19.7 Å². The number of carboxylic acid groups (broad SMARTS) is 1. The molecule has 6 heteroatoms. The Hall–Kier alpha value is -1.82. The van der Waals surface area contributed by atoms with E-state index in [9.17, 15) is 9.59 Å². The Bertz CT molecular complexity index is 455. The van der Waals surface area contributed by atoms with Crippen molar-refractivity contribution in [3.63, 3.8) is 0 Å². The van der Waals surface area contributed by atoms with Crippen molar-refractivity contribution in [2.24, 2.45) is 0 Å². The molecule has 0 saturated carbocycles. The third-order valence-corrected chi connectivity index (χ3v) is 3.26. The van der Waals surface area contributed by atoms with Crippen LogP contribution in [0.5, 0.6) is 0 Å². The largest absolute Gasteiger partial charge is 0.477 e. The average molecular weight is 252 g/mol. The highest BCUT2D eigenvalue weighted by molar-refractivity contribution is 5.87. The maximum atomic E-state index is 12.1. The van der Waals surface area contributed by atoms with E-state index in [1.165, 1.54) is 10.6 Å².